The minimum absolute atomic E-state index is 0.885. The zero-order valence-electron chi connectivity index (χ0n) is 13.1. The van der Waals surface area contributed by atoms with Gasteiger partial charge in [-0.25, -0.2) is 0 Å². The highest BCUT2D eigenvalue weighted by molar-refractivity contribution is 4.59. The van der Waals surface area contributed by atoms with Crippen molar-refractivity contribution in [2.75, 3.05) is 0 Å². The van der Waals surface area contributed by atoms with E-state index < -0.39 is 0 Å². The summed E-state index contributed by atoms with van der Waals surface area (Å²) in [6.07, 6.45) is 12.9. The fourth-order valence-corrected chi connectivity index (χ4v) is 2.53. The Bertz CT molecular complexity index is 148. The van der Waals surface area contributed by atoms with E-state index in [1.54, 1.807) is 0 Å². The molecule has 2 atom stereocenters. The van der Waals surface area contributed by atoms with Crippen molar-refractivity contribution in [3.8, 4) is 0 Å². The van der Waals surface area contributed by atoms with Gasteiger partial charge in [0.25, 0.3) is 0 Å². The second-order valence-corrected chi connectivity index (χ2v) is 6.61. The third-order valence-corrected chi connectivity index (χ3v) is 3.92. The molecule has 0 aliphatic carbocycles. The molecule has 0 N–H and O–H groups in total. The Morgan fingerprint density at radius 3 is 1.41 bits per heavy atom. The molecule has 0 nitrogen and oxygen atoms in total. The molecule has 0 aromatic carbocycles. The van der Waals surface area contributed by atoms with Crippen LogP contribution in [0.15, 0.2) is 0 Å². The largest absolute Gasteiger partial charge is 0.0654 e. The van der Waals surface area contributed by atoms with Crippen molar-refractivity contribution in [3.63, 3.8) is 0 Å². The summed E-state index contributed by atoms with van der Waals surface area (Å²) in [5.74, 6) is 2.79. The van der Waals surface area contributed by atoms with Crippen LogP contribution >= 0.6 is 0 Å². The smallest absolute Gasteiger partial charge is 0.0443 e. The van der Waals surface area contributed by atoms with Crippen LogP contribution in [0.1, 0.15) is 92.4 Å². The van der Waals surface area contributed by atoms with E-state index in [0.717, 1.165) is 17.8 Å². The van der Waals surface area contributed by atoms with Crippen LogP contribution < -0.4 is 0 Å². The topological polar surface area (TPSA) is 0 Å². The van der Waals surface area contributed by atoms with Gasteiger partial charge in [0.1, 0.15) is 0 Å². The van der Waals surface area contributed by atoms with Crippen molar-refractivity contribution in [2.24, 2.45) is 17.8 Å². The van der Waals surface area contributed by atoms with Crippen LogP contribution in [-0.2, 0) is 0 Å². The first-order valence-corrected chi connectivity index (χ1v) is 8.06. The summed E-state index contributed by atoms with van der Waals surface area (Å²) in [5, 5.41) is 0. The van der Waals surface area contributed by atoms with Crippen molar-refractivity contribution in [3.05, 3.63) is 0 Å². The Morgan fingerprint density at radius 1 is 0.588 bits per heavy atom. The fourth-order valence-electron chi connectivity index (χ4n) is 2.53. The van der Waals surface area contributed by atoms with Gasteiger partial charge < -0.3 is 0 Å². The highest BCUT2D eigenvalue weighted by atomic mass is 14.1. The quantitative estimate of drug-likeness (QED) is 0.389. The second kappa shape index (κ2) is 11.1. The maximum atomic E-state index is 2.44. The molecule has 0 aromatic rings. The van der Waals surface area contributed by atoms with Gasteiger partial charge in [-0.15, -0.1) is 0 Å². The van der Waals surface area contributed by atoms with E-state index >= 15 is 0 Å². The minimum Gasteiger partial charge on any atom is -0.0654 e. The van der Waals surface area contributed by atoms with Crippen molar-refractivity contribution in [2.45, 2.75) is 92.4 Å². The first-order valence-electron chi connectivity index (χ1n) is 8.06. The van der Waals surface area contributed by atoms with Gasteiger partial charge in [0.15, 0.2) is 0 Å². The molecule has 0 saturated heterocycles. The molecule has 0 spiro atoms. The number of rotatable bonds is 11. The van der Waals surface area contributed by atoms with Gasteiger partial charge in [-0.3, -0.25) is 0 Å². The molecule has 0 aliphatic rings. The average Bonchev–Trinajstić information content (AvgIpc) is 2.25. The van der Waals surface area contributed by atoms with E-state index in [0.29, 0.717) is 0 Å². The van der Waals surface area contributed by atoms with Crippen LogP contribution in [0.5, 0.6) is 0 Å². The normalized spacial score (nSPS) is 15.2. The van der Waals surface area contributed by atoms with Crippen molar-refractivity contribution in [1.29, 1.82) is 0 Å². The fraction of sp³-hybridized carbons (Fsp3) is 1.00. The van der Waals surface area contributed by atoms with E-state index in [1.807, 2.05) is 0 Å². The number of hydrogen-bond acceptors (Lipinski definition) is 0. The average molecular weight is 240 g/mol. The van der Waals surface area contributed by atoms with E-state index in [9.17, 15) is 0 Å². The van der Waals surface area contributed by atoms with Crippen LogP contribution in [-0.4, -0.2) is 0 Å². The maximum Gasteiger partial charge on any atom is -0.0443 e. The lowest BCUT2D eigenvalue weighted by Crippen LogP contribution is -2.00. The maximum absolute atomic E-state index is 2.44. The van der Waals surface area contributed by atoms with Gasteiger partial charge in [0.05, 0.1) is 0 Å². The zero-order valence-corrected chi connectivity index (χ0v) is 13.1. The molecule has 0 fully saturated rings. The predicted octanol–water partition coefficient (Wildman–Crippen LogP) is 6.45. The molecule has 104 valence electrons. The number of unbranched alkanes of at least 4 members (excludes halogenated alkanes) is 1. The summed E-state index contributed by atoms with van der Waals surface area (Å²) in [6.45, 7) is 11.8. The van der Waals surface area contributed by atoms with Gasteiger partial charge in [0.2, 0.25) is 0 Å². The standard InChI is InChI=1S/C17H36/c1-6-7-11-16(4)13-9-14-17(5)12-8-10-15(2)3/h15-17H,6-14H2,1-5H3/t16-,17+/m0/s1. The van der Waals surface area contributed by atoms with Crippen molar-refractivity contribution < 1.29 is 0 Å². The van der Waals surface area contributed by atoms with E-state index in [1.165, 1.54) is 57.8 Å². The first-order chi connectivity index (χ1) is 8.06. The highest BCUT2D eigenvalue weighted by Crippen LogP contribution is 2.21. The van der Waals surface area contributed by atoms with Gasteiger partial charge in [-0.1, -0.05) is 92.4 Å². The molecule has 0 heteroatoms. The van der Waals surface area contributed by atoms with Crippen molar-refractivity contribution in [1.82, 2.24) is 0 Å². The lowest BCUT2D eigenvalue weighted by atomic mass is 9.92. The van der Waals surface area contributed by atoms with Crippen LogP contribution in [0.25, 0.3) is 0 Å². The van der Waals surface area contributed by atoms with E-state index in [2.05, 4.69) is 34.6 Å². The Labute approximate surface area is 111 Å². The lowest BCUT2D eigenvalue weighted by Gasteiger charge is -2.14. The Balaban J connectivity index is 3.34. The molecule has 0 bridgehead atoms. The second-order valence-electron chi connectivity index (χ2n) is 6.61. The summed E-state index contributed by atoms with van der Waals surface area (Å²) < 4.78 is 0. The van der Waals surface area contributed by atoms with Gasteiger partial charge >= 0.3 is 0 Å². The molecule has 0 unspecified atom stereocenters. The van der Waals surface area contributed by atoms with Gasteiger partial charge in [0, 0.05) is 0 Å². The van der Waals surface area contributed by atoms with Crippen LogP contribution in [0.4, 0.5) is 0 Å². The lowest BCUT2D eigenvalue weighted by molar-refractivity contribution is 0.388. The molecule has 0 heterocycles. The SMILES string of the molecule is CCCC[C@H](C)CCC[C@H](C)CCCC(C)C. The molecule has 17 heavy (non-hydrogen) atoms. The summed E-state index contributed by atoms with van der Waals surface area (Å²) in [6, 6.07) is 0. The minimum atomic E-state index is 0.885. The summed E-state index contributed by atoms with van der Waals surface area (Å²) >= 11 is 0. The van der Waals surface area contributed by atoms with E-state index in [-0.39, 0.29) is 0 Å². The van der Waals surface area contributed by atoms with Crippen LogP contribution in [0.2, 0.25) is 0 Å². The Hall–Kier alpha value is 0. The van der Waals surface area contributed by atoms with Crippen molar-refractivity contribution >= 4 is 0 Å². The van der Waals surface area contributed by atoms with E-state index in [4.69, 9.17) is 0 Å². The molecule has 0 saturated carbocycles. The molecular weight excluding hydrogens is 204 g/mol. The zero-order chi connectivity index (χ0) is 13.1. The number of hydrogen-bond donors (Lipinski definition) is 0. The molecule has 0 radical (unpaired) electrons. The Kier molecular flexibility index (Phi) is 11.1. The Morgan fingerprint density at radius 2 is 1.00 bits per heavy atom. The summed E-state index contributed by atoms with van der Waals surface area (Å²) in [4.78, 5) is 0. The third-order valence-electron chi connectivity index (χ3n) is 3.92. The van der Waals surface area contributed by atoms with Crippen LogP contribution in [0, 0.1) is 17.8 Å². The highest BCUT2D eigenvalue weighted by Gasteiger charge is 2.05. The predicted molar refractivity (Wildman–Crippen MR) is 80.4 cm³/mol. The monoisotopic (exact) mass is 240 g/mol. The molecule has 0 amide bonds. The first kappa shape index (κ1) is 17.0. The summed E-state index contributed by atoms with van der Waals surface area (Å²) in [5.41, 5.74) is 0. The third kappa shape index (κ3) is 12.2. The molecular formula is C17H36. The van der Waals surface area contributed by atoms with Crippen LogP contribution in [0.3, 0.4) is 0 Å². The molecule has 0 aromatic heterocycles. The molecule has 0 aliphatic heterocycles. The summed E-state index contributed by atoms with van der Waals surface area (Å²) in [7, 11) is 0. The van der Waals surface area contributed by atoms with Gasteiger partial charge in [-0.05, 0) is 17.8 Å². The van der Waals surface area contributed by atoms with Gasteiger partial charge in [-0.2, -0.15) is 0 Å². The molecule has 0 rings (SSSR count).